The highest BCUT2D eigenvalue weighted by atomic mass is 32.1. The highest BCUT2D eigenvalue weighted by Crippen LogP contribution is 2.25. The highest BCUT2D eigenvalue weighted by molar-refractivity contribution is 7.22. The van der Waals surface area contributed by atoms with Gasteiger partial charge in [-0.2, -0.15) is 0 Å². The maximum absolute atomic E-state index is 12.5. The summed E-state index contributed by atoms with van der Waals surface area (Å²) in [7, 11) is 0. The second-order valence-corrected chi connectivity index (χ2v) is 7.64. The molecule has 0 fully saturated rings. The number of para-hydroxylation sites is 2. The van der Waals surface area contributed by atoms with Gasteiger partial charge in [0.2, 0.25) is 11.8 Å². The van der Waals surface area contributed by atoms with Crippen molar-refractivity contribution in [3.8, 4) is 0 Å². The van der Waals surface area contributed by atoms with Crippen LogP contribution in [0.15, 0.2) is 48.5 Å². The van der Waals surface area contributed by atoms with Crippen molar-refractivity contribution in [3.63, 3.8) is 0 Å². The molecule has 146 valence electrons. The fourth-order valence-corrected chi connectivity index (χ4v) is 3.81. The fraction of sp³-hybridized carbons (Fsp3) is 0.286. The minimum Gasteiger partial charge on any atom is -0.325 e. The summed E-state index contributed by atoms with van der Waals surface area (Å²) in [6.45, 7) is 4.94. The van der Waals surface area contributed by atoms with Gasteiger partial charge < -0.3 is 10.6 Å². The summed E-state index contributed by atoms with van der Waals surface area (Å²) in [4.78, 5) is 31.1. The first-order valence-electron chi connectivity index (χ1n) is 9.28. The zero-order valence-electron chi connectivity index (χ0n) is 16.1. The average Bonchev–Trinajstić information content (AvgIpc) is 3.05. The number of nitrogens with zero attached hydrogens (tertiary/aromatic N) is 2. The molecule has 0 aliphatic rings. The predicted molar refractivity (Wildman–Crippen MR) is 115 cm³/mol. The molecule has 2 amide bonds. The molecule has 0 bridgehead atoms. The van der Waals surface area contributed by atoms with Crippen LogP contribution in [0.3, 0.4) is 0 Å². The first-order valence-corrected chi connectivity index (χ1v) is 10.1. The third-order valence-electron chi connectivity index (χ3n) is 4.23. The smallest absolute Gasteiger partial charge is 0.240 e. The number of carbonyl (C=O) groups is 2. The van der Waals surface area contributed by atoms with E-state index < -0.39 is 0 Å². The van der Waals surface area contributed by atoms with Gasteiger partial charge >= 0.3 is 0 Å². The number of aryl methyl sites for hydroxylation is 1. The van der Waals surface area contributed by atoms with Crippen molar-refractivity contribution in [1.82, 2.24) is 9.88 Å². The van der Waals surface area contributed by atoms with Gasteiger partial charge in [-0.25, -0.2) is 4.98 Å². The highest BCUT2D eigenvalue weighted by Gasteiger charge is 2.16. The second kappa shape index (κ2) is 9.43. The monoisotopic (exact) mass is 396 g/mol. The Balaban J connectivity index is 1.57. The minimum absolute atomic E-state index is 0.129. The third-order valence-corrected chi connectivity index (χ3v) is 5.19. The average molecular weight is 397 g/mol. The van der Waals surface area contributed by atoms with E-state index in [9.17, 15) is 9.59 Å². The molecule has 0 unspecified atom stereocenters. The van der Waals surface area contributed by atoms with Crippen LogP contribution in [0.2, 0.25) is 0 Å². The fourth-order valence-electron chi connectivity index (χ4n) is 2.92. The quantitative estimate of drug-likeness (QED) is 0.606. The Hall–Kier alpha value is -2.77. The lowest BCUT2D eigenvalue weighted by atomic mass is 10.2. The zero-order valence-corrected chi connectivity index (χ0v) is 16.9. The van der Waals surface area contributed by atoms with Gasteiger partial charge in [0.05, 0.1) is 23.3 Å². The van der Waals surface area contributed by atoms with E-state index in [-0.39, 0.29) is 24.9 Å². The van der Waals surface area contributed by atoms with Crippen molar-refractivity contribution in [2.45, 2.75) is 20.3 Å². The van der Waals surface area contributed by atoms with Crippen molar-refractivity contribution in [1.29, 1.82) is 0 Å². The molecule has 0 atom stereocenters. The number of hydrogen-bond donors (Lipinski definition) is 2. The van der Waals surface area contributed by atoms with Crippen molar-refractivity contribution in [2.75, 3.05) is 30.3 Å². The molecule has 0 aliphatic carbocycles. The molecule has 6 nitrogen and oxygen atoms in total. The Morgan fingerprint density at radius 1 is 1.00 bits per heavy atom. The zero-order chi connectivity index (χ0) is 19.9. The third kappa shape index (κ3) is 5.37. The van der Waals surface area contributed by atoms with E-state index in [1.807, 2.05) is 67.3 Å². The molecule has 0 aliphatic heterocycles. The Kier molecular flexibility index (Phi) is 6.73. The number of carbonyl (C=O) groups excluding carboxylic acids is 2. The lowest BCUT2D eigenvalue weighted by molar-refractivity contribution is -0.120. The molecule has 0 radical (unpaired) electrons. The van der Waals surface area contributed by atoms with Crippen molar-refractivity contribution >= 4 is 44.2 Å². The standard InChI is InChI=1S/C21H24N4O2S/c1-3-12-25(13-19(26)22-16-9-5-4-8-15(16)2)14-20(27)24-21-23-17-10-6-7-11-18(17)28-21/h4-11H,3,12-14H2,1-2H3,(H,22,26)(H,23,24,27). The topological polar surface area (TPSA) is 74.3 Å². The van der Waals surface area contributed by atoms with E-state index in [1.165, 1.54) is 11.3 Å². The number of amides is 2. The number of nitrogens with one attached hydrogen (secondary N) is 2. The van der Waals surface area contributed by atoms with Gasteiger partial charge in [0.1, 0.15) is 0 Å². The van der Waals surface area contributed by atoms with Crippen LogP contribution < -0.4 is 10.6 Å². The Labute approximate surface area is 168 Å². The van der Waals surface area contributed by atoms with Gasteiger partial charge in [0.15, 0.2) is 5.13 Å². The Morgan fingerprint density at radius 3 is 2.39 bits per heavy atom. The molecule has 3 rings (SSSR count). The van der Waals surface area contributed by atoms with Crippen LogP contribution >= 0.6 is 11.3 Å². The Bertz CT molecular complexity index is 937. The van der Waals surface area contributed by atoms with Gasteiger partial charge in [0.25, 0.3) is 0 Å². The van der Waals surface area contributed by atoms with Gasteiger partial charge in [-0.3, -0.25) is 14.5 Å². The van der Waals surface area contributed by atoms with Crippen molar-refractivity contribution in [2.24, 2.45) is 0 Å². The lowest BCUT2D eigenvalue weighted by Gasteiger charge is -2.20. The first-order chi connectivity index (χ1) is 13.5. The van der Waals surface area contributed by atoms with Crippen molar-refractivity contribution < 1.29 is 9.59 Å². The van der Waals surface area contributed by atoms with Crippen LogP contribution in [0, 0.1) is 6.92 Å². The van der Waals surface area contributed by atoms with Crippen LogP contribution in [0.1, 0.15) is 18.9 Å². The molecule has 2 aromatic carbocycles. The number of aromatic nitrogens is 1. The minimum atomic E-state index is -0.170. The summed E-state index contributed by atoms with van der Waals surface area (Å²) in [6, 6.07) is 15.4. The van der Waals surface area contributed by atoms with Gasteiger partial charge in [-0.15, -0.1) is 0 Å². The number of hydrogen-bond acceptors (Lipinski definition) is 5. The first kappa shape index (κ1) is 20.0. The molecule has 28 heavy (non-hydrogen) atoms. The maximum atomic E-state index is 12.5. The summed E-state index contributed by atoms with van der Waals surface area (Å²) in [6.07, 6.45) is 0.853. The van der Waals surface area contributed by atoms with E-state index in [1.54, 1.807) is 0 Å². The number of benzene rings is 2. The summed E-state index contributed by atoms with van der Waals surface area (Å²) in [5, 5.41) is 6.34. The molecular formula is C21H24N4O2S. The van der Waals surface area contributed by atoms with E-state index >= 15 is 0 Å². The number of rotatable bonds is 8. The molecule has 0 saturated carbocycles. The van der Waals surface area contributed by atoms with E-state index in [0.717, 1.165) is 27.9 Å². The lowest BCUT2D eigenvalue weighted by Crippen LogP contribution is -2.39. The predicted octanol–water partition coefficient (Wildman–Crippen LogP) is 3.89. The van der Waals surface area contributed by atoms with Gasteiger partial charge in [-0.05, 0) is 43.7 Å². The molecular weight excluding hydrogens is 372 g/mol. The van der Waals surface area contributed by atoms with E-state index in [0.29, 0.717) is 11.7 Å². The molecule has 1 heterocycles. The number of anilines is 2. The molecule has 0 spiro atoms. The van der Waals surface area contributed by atoms with Crippen LogP contribution in [0.25, 0.3) is 10.2 Å². The van der Waals surface area contributed by atoms with Crippen LogP contribution in [0.4, 0.5) is 10.8 Å². The molecule has 1 aromatic heterocycles. The van der Waals surface area contributed by atoms with Gasteiger partial charge in [-0.1, -0.05) is 48.6 Å². The van der Waals surface area contributed by atoms with Crippen molar-refractivity contribution in [3.05, 3.63) is 54.1 Å². The number of thiazole rings is 1. The largest absolute Gasteiger partial charge is 0.325 e. The SMILES string of the molecule is CCCN(CC(=O)Nc1nc2ccccc2s1)CC(=O)Nc1ccccc1C. The molecule has 3 aromatic rings. The summed E-state index contributed by atoms with van der Waals surface area (Å²) in [5.41, 5.74) is 2.67. The van der Waals surface area contributed by atoms with Crippen LogP contribution in [0.5, 0.6) is 0 Å². The van der Waals surface area contributed by atoms with Crippen LogP contribution in [-0.2, 0) is 9.59 Å². The normalized spacial score (nSPS) is 11.0. The summed E-state index contributed by atoms with van der Waals surface area (Å²) in [5.74, 6) is -0.299. The van der Waals surface area contributed by atoms with Gasteiger partial charge in [0, 0.05) is 5.69 Å². The second-order valence-electron chi connectivity index (χ2n) is 6.61. The maximum Gasteiger partial charge on any atom is 0.240 e. The van der Waals surface area contributed by atoms with E-state index in [2.05, 4.69) is 15.6 Å². The molecule has 7 heteroatoms. The van der Waals surface area contributed by atoms with E-state index in [4.69, 9.17) is 0 Å². The number of fused-ring (bicyclic) bond motifs is 1. The summed E-state index contributed by atoms with van der Waals surface area (Å²) < 4.78 is 1.03. The molecule has 2 N–H and O–H groups in total. The molecule has 0 saturated heterocycles. The Morgan fingerprint density at radius 2 is 1.68 bits per heavy atom. The van der Waals surface area contributed by atoms with Crippen LogP contribution in [-0.4, -0.2) is 41.3 Å². The summed E-state index contributed by atoms with van der Waals surface area (Å²) >= 11 is 1.44.